The Morgan fingerprint density at radius 1 is 1.11 bits per heavy atom. The Hall–Kier alpha value is -1.57. The Morgan fingerprint density at radius 2 is 1.78 bits per heavy atom. The van der Waals surface area contributed by atoms with E-state index < -0.39 is 5.97 Å². The van der Waals surface area contributed by atoms with Gasteiger partial charge in [-0.3, -0.25) is 4.79 Å². The van der Waals surface area contributed by atoms with Crippen molar-refractivity contribution in [2.24, 2.45) is 0 Å². The summed E-state index contributed by atoms with van der Waals surface area (Å²) in [5, 5.41) is 8.51. The van der Waals surface area contributed by atoms with Crippen molar-refractivity contribution in [3.63, 3.8) is 0 Å². The number of unbranched alkanes of at least 4 members (excludes halogenated alkanes) is 4. The van der Waals surface area contributed by atoms with Crippen molar-refractivity contribution in [2.75, 3.05) is 0 Å². The van der Waals surface area contributed by atoms with Crippen LogP contribution in [-0.4, -0.2) is 11.1 Å². The summed E-state index contributed by atoms with van der Waals surface area (Å²) in [5.74, 6) is -0.685. The molecule has 0 aromatic heterocycles. The van der Waals surface area contributed by atoms with Gasteiger partial charge in [0, 0.05) is 6.42 Å². The van der Waals surface area contributed by atoms with Crippen LogP contribution in [0.2, 0.25) is 0 Å². The first-order valence-corrected chi connectivity index (χ1v) is 6.66. The van der Waals surface area contributed by atoms with Crippen molar-refractivity contribution in [3.05, 3.63) is 42.0 Å². The molecule has 0 radical (unpaired) electrons. The molecule has 0 saturated carbocycles. The molecule has 0 aliphatic carbocycles. The van der Waals surface area contributed by atoms with Crippen molar-refractivity contribution in [2.45, 2.75) is 44.9 Å². The van der Waals surface area contributed by atoms with Crippen molar-refractivity contribution in [1.29, 1.82) is 0 Å². The number of hydrogen-bond acceptors (Lipinski definition) is 1. The fraction of sp³-hybridized carbons (Fsp3) is 0.438. The molecule has 1 aromatic carbocycles. The van der Waals surface area contributed by atoms with E-state index >= 15 is 0 Å². The molecule has 0 atom stereocenters. The van der Waals surface area contributed by atoms with Gasteiger partial charge in [-0.1, -0.05) is 56.2 Å². The lowest BCUT2D eigenvalue weighted by atomic mass is 10.0. The Kier molecular flexibility index (Phi) is 6.85. The first-order chi connectivity index (χ1) is 8.74. The predicted molar refractivity (Wildman–Crippen MR) is 75.6 cm³/mol. The van der Waals surface area contributed by atoms with E-state index in [-0.39, 0.29) is 0 Å². The van der Waals surface area contributed by atoms with E-state index in [4.69, 9.17) is 5.11 Å². The lowest BCUT2D eigenvalue weighted by Gasteiger charge is -2.05. The smallest absolute Gasteiger partial charge is 0.303 e. The Morgan fingerprint density at radius 3 is 2.50 bits per heavy atom. The number of carbonyl (C=O) groups is 1. The molecule has 0 aliphatic heterocycles. The lowest BCUT2D eigenvalue weighted by Crippen LogP contribution is -1.94. The number of carboxylic acids is 1. The first-order valence-electron chi connectivity index (χ1n) is 6.66. The van der Waals surface area contributed by atoms with Crippen LogP contribution < -0.4 is 0 Å². The van der Waals surface area contributed by atoms with E-state index in [2.05, 4.69) is 24.8 Å². The minimum Gasteiger partial charge on any atom is -0.481 e. The molecule has 0 spiro atoms. The number of hydrogen-bond donors (Lipinski definition) is 1. The zero-order valence-electron chi connectivity index (χ0n) is 10.9. The summed E-state index contributed by atoms with van der Waals surface area (Å²) in [6.07, 6.45) is 8.59. The van der Waals surface area contributed by atoms with E-state index in [0.29, 0.717) is 6.42 Å². The highest BCUT2D eigenvalue weighted by molar-refractivity contribution is 5.66. The molecule has 98 valence electrons. The van der Waals surface area contributed by atoms with E-state index in [0.717, 1.165) is 32.1 Å². The summed E-state index contributed by atoms with van der Waals surface area (Å²) < 4.78 is 0. The summed E-state index contributed by atoms with van der Waals surface area (Å²) >= 11 is 0. The number of benzene rings is 1. The molecule has 0 heterocycles. The van der Waals surface area contributed by atoms with Gasteiger partial charge in [0.15, 0.2) is 0 Å². The summed E-state index contributed by atoms with van der Waals surface area (Å²) in [6, 6.07) is 8.35. The van der Waals surface area contributed by atoms with Crippen LogP contribution in [-0.2, 0) is 11.2 Å². The van der Waals surface area contributed by atoms with Gasteiger partial charge >= 0.3 is 5.97 Å². The Balaban J connectivity index is 2.14. The molecule has 0 fully saturated rings. The maximum Gasteiger partial charge on any atom is 0.303 e. The van der Waals surface area contributed by atoms with Crippen LogP contribution in [0.4, 0.5) is 0 Å². The van der Waals surface area contributed by atoms with Crippen LogP contribution >= 0.6 is 0 Å². The summed E-state index contributed by atoms with van der Waals surface area (Å²) in [7, 11) is 0. The maximum absolute atomic E-state index is 10.3. The van der Waals surface area contributed by atoms with Crippen molar-refractivity contribution >= 4 is 12.0 Å². The topological polar surface area (TPSA) is 37.3 Å². The lowest BCUT2D eigenvalue weighted by molar-refractivity contribution is -0.137. The van der Waals surface area contributed by atoms with Gasteiger partial charge in [-0.2, -0.15) is 0 Å². The number of rotatable bonds is 9. The predicted octanol–water partition coefficient (Wildman–Crippen LogP) is 4.30. The van der Waals surface area contributed by atoms with Gasteiger partial charge in [0.2, 0.25) is 0 Å². The molecule has 0 amide bonds. The van der Waals surface area contributed by atoms with Crippen LogP contribution in [0.25, 0.3) is 6.08 Å². The molecule has 18 heavy (non-hydrogen) atoms. The molecule has 0 saturated heterocycles. The Bertz CT molecular complexity index is 382. The van der Waals surface area contributed by atoms with Crippen LogP contribution in [0.15, 0.2) is 30.8 Å². The van der Waals surface area contributed by atoms with Gasteiger partial charge in [-0.25, -0.2) is 0 Å². The number of aryl methyl sites for hydroxylation is 1. The van der Waals surface area contributed by atoms with Gasteiger partial charge in [0.25, 0.3) is 0 Å². The molecular weight excluding hydrogens is 224 g/mol. The standard InChI is InChI=1S/C16H22O2/c1-2-14-10-8-9-12-15(14)11-6-4-3-5-7-13-16(17)18/h2,8-10,12H,1,3-7,11,13H2,(H,17,18). The van der Waals surface area contributed by atoms with Gasteiger partial charge in [0.05, 0.1) is 0 Å². The highest BCUT2D eigenvalue weighted by Gasteiger charge is 1.99. The number of carboxylic acid groups (broad SMARTS) is 1. The normalized spacial score (nSPS) is 10.2. The third-order valence-electron chi connectivity index (χ3n) is 3.11. The van der Waals surface area contributed by atoms with Crippen LogP contribution in [0.3, 0.4) is 0 Å². The highest BCUT2D eigenvalue weighted by Crippen LogP contribution is 2.14. The minimum absolute atomic E-state index is 0.305. The van der Waals surface area contributed by atoms with Crippen LogP contribution in [0.1, 0.15) is 49.7 Å². The Labute approximate surface area is 109 Å². The van der Waals surface area contributed by atoms with Gasteiger partial charge < -0.3 is 5.11 Å². The maximum atomic E-state index is 10.3. The first kappa shape index (κ1) is 14.5. The molecule has 1 rings (SSSR count). The fourth-order valence-corrected chi connectivity index (χ4v) is 2.08. The molecule has 0 bridgehead atoms. The molecular formula is C16H22O2. The van der Waals surface area contributed by atoms with E-state index in [1.165, 1.54) is 17.5 Å². The minimum atomic E-state index is -0.685. The molecule has 2 heteroatoms. The van der Waals surface area contributed by atoms with Gasteiger partial charge in [-0.15, -0.1) is 0 Å². The van der Waals surface area contributed by atoms with Crippen LogP contribution in [0.5, 0.6) is 0 Å². The second-order valence-corrected chi connectivity index (χ2v) is 4.56. The largest absolute Gasteiger partial charge is 0.481 e. The second-order valence-electron chi connectivity index (χ2n) is 4.56. The van der Waals surface area contributed by atoms with Crippen molar-refractivity contribution < 1.29 is 9.90 Å². The third-order valence-corrected chi connectivity index (χ3v) is 3.11. The van der Waals surface area contributed by atoms with Gasteiger partial charge in [-0.05, 0) is 30.4 Å². The second kappa shape index (κ2) is 8.51. The third kappa shape index (κ3) is 5.67. The molecule has 1 aromatic rings. The summed E-state index contributed by atoms with van der Waals surface area (Å²) in [4.78, 5) is 10.3. The van der Waals surface area contributed by atoms with Crippen molar-refractivity contribution in [1.82, 2.24) is 0 Å². The van der Waals surface area contributed by atoms with E-state index in [9.17, 15) is 4.79 Å². The van der Waals surface area contributed by atoms with Crippen LogP contribution in [0, 0.1) is 0 Å². The van der Waals surface area contributed by atoms with E-state index in [1.807, 2.05) is 12.1 Å². The summed E-state index contributed by atoms with van der Waals surface area (Å²) in [5.41, 5.74) is 2.58. The average Bonchev–Trinajstić information content (AvgIpc) is 2.37. The quantitative estimate of drug-likeness (QED) is 0.660. The van der Waals surface area contributed by atoms with Crippen molar-refractivity contribution in [3.8, 4) is 0 Å². The summed E-state index contributed by atoms with van der Waals surface area (Å²) in [6.45, 7) is 3.82. The zero-order valence-corrected chi connectivity index (χ0v) is 10.9. The highest BCUT2D eigenvalue weighted by atomic mass is 16.4. The molecule has 0 aliphatic rings. The SMILES string of the molecule is C=Cc1ccccc1CCCCCCCC(=O)O. The zero-order chi connectivity index (χ0) is 13.2. The monoisotopic (exact) mass is 246 g/mol. The molecule has 1 N–H and O–H groups in total. The van der Waals surface area contributed by atoms with E-state index in [1.54, 1.807) is 0 Å². The molecule has 0 unspecified atom stereocenters. The fourth-order valence-electron chi connectivity index (χ4n) is 2.08. The van der Waals surface area contributed by atoms with Gasteiger partial charge in [0.1, 0.15) is 0 Å². The molecule has 2 nitrogen and oxygen atoms in total. The average molecular weight is 246 g/mol. The number of aliphatic carboxylic acids is 1.